The predicted molar refractivity (Wildman–Crippen MR) is 87.1 cm³/mol. The first-order valence-electron chi connectivity index (χ1n) is 7.46. The Bertz CT molecular complexity index is 585. The average Bonchev–Trinajstić information content (AvgIpc) is 2.55. The van der Waals surface area contributed by atoms with Crippen LogP contribution in [0.5, 0.6) is 0 Å². The quantitative estimate of drug-likeness (QED) is 0.714. The molecule has 1 aromatic rings. The minimum Gasteiger partial charge on any atom is -0.367 e. The number of aryl methyl sites for hydroxylation is 1. The van der Waals surface area contributed by atoms with E-state index in [1.165, 1.54) is 22.4 Å². The van der Waals surface area contributed by atoms with Crippen LogP contribution in [0.4, 0.5) is 5.69 Å². The molecule has 0 N–H and O–H groups in total. The molecule has 0 aromatic heterocycles. The summed E-state index contributed by atoms with van der Waals surface area (Å²) in [6.45, 7) is 8.83. The Morgan fingerprint density at radius 1 is 1.05 bits per heavy atom. The summed E-state index contributed by atoms with van der Waals surface area (Å²) in [5.74, 6) is 0. The van der Waals surface area contributed by atoms with Crippen molar-refractivity contribution in [3.63, 3.8) is 0 Å². The fraction of sp³-hybridized carbons (Fsp3) is 0.368. The normalized spacial score (nSPS) is 20.9. The molecule has 1 nitrogen and oxygen atoms in total. The van der Waals surface area contributed by atoms with E-state index in [0.29, 0.717) is 0 Å². The molecule has 1 fully saturated rings. The molecule has 1 aromatic carbocycles. The standard InChI is InChI=1S/C19H23N/c1-15-6-8-18(9-7-15)20-12-10-16-5-4-11-19(2,3)13-17(16)14-20/h4-9,11,13H,10,12,14H2,1-3H3. The molecular weight excluding hydrogens is 242 g/mol. The second-order valence-corrected chi connectivity index (χ2v) is 6.55. The highest BCUT2D eigenvalue weighted by molar-refractivity contribution is 5.54. The number of benzene rings is 1. The van der Waals surface area contributed by atoms with Gasteiger partial charge in [0.1, 0.15) is 0 Å². The molecule has 0 atom stereocenters. The Hall–Kier alpha value is -1.76. The van der Waals surface area contributed by atoms with Gasteiger partial charge in [-0.05, 0) is 36.6 Å². The van der Waals surface area contributed by atoms with E-state index in [1.54, 1.807) is 0 Å². The van der Waals surface area contributed by atoms with Crippen LogP contribution in [0.2, 0.25) is 0 Å². The van der Waals surface area contributed by atoms with Gasteiger partial charge in [-0.1, -0.05) is 55.8 Å². The van der Waals surface area contributed by atoms with Gasteiger partial charge in [0.2, 0.25) is 0 Å². The van der Waals surface area contributed by atoms with Crippen LogP contribution in [0.25, 0.3) is 0 Å². The number of rotatable bonds is 1. The van der Waals surface area contributed by atoms with Crippen molar-refractivity contribution in [1.29, 1.82) is 0 Å². The number of fused-ring (bicyclic) bond motifs is 1. The molecule has 1 heteroatoms. The van der Waals surface area contributed by atoms with Crippen molar-refractivity contribution >= 4 is 5.69 Å². The number of hydrogen-bond acceptors (Lipinski definition) is 1. The summed E-state index contributed by atoms with van der Waals surface area (Å²) >= 11 is 0. The first-order chi connectivity index (χ1) is 9.53. The van der Waals surface area contributed by atoms with Crippen LogP contribution in [0.3, 0.4) is 0 Å². The largest absolute Gasteiger partial charge is 0.367 e. The van der Waals surface area contributed by atoms with Crippen molar-refractivity contribution in [3.05, 3.63) is 65.3 Å². The highest BCUT2D eigenvalue weighted by Gasteiger charge is 2.22. The monoisotopic (exact) mass is 265 g/mol. The summed E-state index contributed by atoms with van der Waals surface area (Å²) in [6.07, 6.45) is 10.4. The maximum Gasteiger partial charge on any atom is 0.0429 e. The van der Waals surface area contributed by atoms with Gasteiger partial charge in [-0.15, -0.1) is 0 Å². The van der Waals surface area contributed by atoms with Crippen LogP contribution in [0.15, 0.2) is 59.7 Å². The summed E-state index contributed by atoms with van der Waals surface area (Å²) in [4.78, 5) is 2.49. The highest BCUT2D eigenvalue weighted by Crippen LogP contribution is 2.33. The third-order valence-corrected chi connectivity index (χ3v) is 4.19. The molecule has 1 heterocycles. The molecule has 1 aliphatic carbocycles. The third kappa shape index (κ3) is 2.72. The maximum absolute atomic E-state index is 2.49. The topological polar surface area (TPSA) is 3.24 Å². The zero-order valence-electron chi connectivity index (χ0n) is 12.7. The van der Waals surface area contributed by atoms with Crippen LogP contribution in [0.1, 0.15) is 25.8 Å². The van der Waals surface area contributed by atoms with E-state index < -0.39 is 0 Å². The van der Waals surface area contributed by atoms with Crippen molar-refractivity contribution in [2.75, 3.05) is 18.0 Å². The zero-order chi connectivity index (χ0) is 14.2. The third-order valence-electron chi connectivity index (χ3n) is 4.19. The molecule has 0 amide bonds. The Morgan fingerprint density at radius 2 is 1.80 bits per heavy atom. The van der Waals surface area contributed by atoms with Gasteiger partial charge < -0.3 is 4.90 Å². The Balaban J connectivity index is 1.87. The summed E-state index contributed by atoms with van der Waals surface area (Å²) in [6, 6.07) is 8.89. The van der Waals surface area contributed by atoms with E-state index in [4.69, 9.17) is 0 Å². The van der Waals surface area contributed by atoms with Crippen LogP contribution in [-0.4, -0.2) is 13.1 Å². The number of anilines is 1. The van der Waals surface area contributed by atoms with Crippen molar-refractivity contribution in [2.24, 2.45) is 5.41 Å². The number of nitrogens with zero attached hydrogens (tertiary/aromatic N) is 1. The predicted octanol–water partition coefficient (Wildman–Crippen LogP) is 4.65. The van der Waals surface area contributed by atoms with Gasteiger partial charge in [0.05, 0.1) is 0 Å². The van der Waals surface area contributed by atoms with E-state index in [-0.39, 0.29) is 5.41 Å². The van der Waals surface area contributed by atoms with Gasteiger partial charge >= 0.3 is 0 Å². The van der Waals surface area contributed by atoms with Crippen LogP contribution < -0.4 is 4.90 Å². The molecule has 0 spiro atoms. The molecule has 0 saturated carbocycles. The van der Waals surface area contributed by atoms with Gasteiger partial charge in [-0.25, -0.2) is 0 Å². The smallest absolute Gasteiger partial charge is 0.0429 e. The number of allylic oxidation sites excluding steroid dienone is 4. The van der Waals surface area contributed by atoms with E-state index in [0.717, 1.165) is 19.5 Å². The maximum atomic E-state index is 2.49. The second kappa shape index (κ2) is 4.97. The van der Waals surface area contributed by atoms with E-state index in [2.05, 4.69) is 74.2 Å². The van der Waals surface area contributed by atoms with Gasteiger partial charge in [-0.3, -0.25) is 0 Å². The van der Waals surface area contributed by atoms with E-state index >= 15 is 0 Å². The summed E-state index contributed by atoms with van der Waals surface area (Å²) < 4.78 is 0. The van der Waals surface area contributed by atoms with E-state index in [9.17, 15) is 0 Å². The molecule has 0 unspecified atom stereocenters. The fourth-order valence-electron chi connectivity index (χ4n) is 3.02. The molecule has 1 aliphatic heterocycles. The van der Waals surface area contributed by atoms with Gasteiger partial charge in [-0.2, -0.15) is 0 Å². The Labute approximate surface area is 122 Å². The summed E-state index contributed by atoms with van der Waals surface area (Å²) in [5.41, 5.74) is 5.82. The van der Waals surface area contributed by atoms with Crippen molar-refractivity contribution in [3.8, 4) is 0 Å². The Kier molecular flexibility index (Phi) is 3.29. The molecule has 104 valence electrons. The zero-order valence-corrected chi connectivity index (χ0v) is 12.7. The van der Waals surface area contributed by atoms with Crippen LogP contribution in [-0.2, 0) is 0 Å². The molecule has 1 saturated heterocycles. The first-order valence-corrected chi connectivity index (χ1v) is 7.46. The lowest BCUT2D eigenvalue weighted by atomic mass is 9.88. The average molecular weight is 265 g/mol. The van der Waals surface area contributed by atoms with Crippen molar-refractivity contribution in [1.82, 2.24) is 0 Å². The van der Waals surface area contributed by atoms with Crippen molar-refractivity contribution < 1.29 is 0 Å². The van der Waals surface area contributed by atoms with Crippen molar-refractivity contribution in [2.45, 2.75) is 27.2 Å². The molecule has 3 rings (SSSR count). The number of piperidine rings is 1. The summed E-state index contributed by atoms with van der Waals surface area (Å²) in [5, 5.41) is 0. The lowest BCUT2D eigenvalue weighted by Gasteiger charge is -2.33. The Morgan fingerprint density at radius 3 is 2.55 bits per heavy atom. The molecular formula is C19H23N. The highest BCUT2D eigenvalue weighted by atomic mass is 15.1. The lowest BCUT2D eigenvalue weighted by molar-refractivity contribution is 0.616. The lowest BCUT2D eigenvalue weighted by Crippen LogP contribution is -2.32. The minimum atomic E-state index is 0.157. The molecule has 0 bridgehead atoms. The number of hydrogen-bond donors (Lipinski definition) is 0. The molecule has 2 aliphatic rings. The van der Waals surface area contributed by atoms with Gasteiger partial charge in [0.15, 0.2) is 0 Å². The molecule has 20 heavy (non-hydrogen) atoms. The SMILES string of the molecule is Cc1ccc(N2CCC3=CC=CC(C)(C)C=C3C2)cc1. The minimum absolute atomic E-state index is 0.157. The summed E-state index contributed by atoms with van der Waals surface area (Å²) in [7, 11) is 0. The van der Waals surface area contributed by atoms with Gasteiger partial charge in [0.25, 0.3) is 0 Å². The molecule has 0 radical (unpaired) electrons. The van der Waals surface area contributed by atoms with Crippen LogP contribution in [0, 0.1) is 12.3 Å². The van der Waals surface area contributed by atoms with Crippen LogP contribution >= 0.6 is 0 Å². The van der Waals surface area contributed by atoms with Gasteiger partial charge in [0, 0.05) is 24.2 Å². The van der Waals surface area contributed by atoms with E-state index in [1.807, 2.05) is 0 Å². The fourth-order valence-corrected chi connectivity index (χ4v) is 3.02. The second-order valence-electron chi connectivity index (χ2n) is 6.55. The first kappa shape index (κ1) is 13.2.